The maximum atomic E-state index is 10.7. The van der Waals surface area contributed by atoms with Gasteiger partial charge in [0.15, 0.2) is 0 Å². The van der Waals surface area contributed by atoms with Gasteiger partial charge in [0.05, 0.1) is 0 Å². The molecule has 0 saturated carbocycles. The first-order valence-corrected chi connectivity index (χ1v) is 4.71. The minimum atomic E-state index is -2.17. The first-order chi connectivity index (χ1) is 5.75. The summed E-state index contributed by atoms with van der Waals surface area (Å²) in [7, 11) is 0. The standard InChI is InChI=1S/C8H11NO2S/c1-2-9(12(10)11)8-6-4-3-5-7-8/h3-7H,2H2,1H3,(H,10,11)/p-1. The summed E-state index contributed by atoms with van der Waals surface area (Å²) in [6.07, 6.45) is 0. The van der Waals surface area contributed by atoms with Crippen molar-refractivity contribution in [3.63, 3.8) is 0 Å². The van der Waals surface area contributed by atoms with Gasteiger partial charge in [0, 0.05) is 23.5 Å². The fraction of sp³-hybridized carbons (Fsp3) is 0.250. The molecule has 0 heterocycles. The second-order valence-electron chi connectivity index (χ2n) is 2.25. The molecule has 0 radical (unpaired) electrons. The molecular weight excluding hydrogens is 174 g/mol. The molecule has 66 valence electrons. The largest absolute Gasteiger partial charge is 0.755 e. The maximum Gasteiger partial charge on any atom is 0.0482 e. The third kappa shape index (κ3) is 2.06. The molecule has 1 rings (SSSR count). The van der Waals surface area contributed by atoms with Gasteiger partial charge in [-0.05, 0) is 19.1 Å². The van der Waals surface area contributed by atoms with Crippen molar-refractivity contribution < 1.29 is 8.76 Å². The summed E-state index contributed by atoms with van der Waals surface area (Å²) < 4.78 is 22.6. The summed E-state index contributed by atoms with van der Waals surface area (Å²) in [5.41, 5.74) is 0.702. The van der Waals surface area contributed by atoms with Crippen molar-refractivity contribution in [3.8, 4) is 0 Å². The highest BCUT2D eigenvalue weighted by Crippen LogP contribution is 2.13. The van der Waals surface area contributed by atoms with Gasteiger partial charge in [0.1, 0.15) is 0 Å². The van der Waals surface area contributed by atoms with Crippen molar-refractivity contribution in [2.45, 2.75) is 6.92 Å². The smallest absolute Gasteiger partial charge is 0.0482 e. The van der Waals surface area contributed by atoms with Crippen LogP contribution in [0, 0.1) is 0 Å². The topological polar surface area (TPSA) is 43.4 Å². The molecule has 0 aliphatic rings. The second kappa shape index (κ2) is 4.23. The molecule has 0 aliphatic heterocycles. The Labute approximate surface area is 74.4 Å². The molecule has 12 heavy (non-hydrogen) atoms. The van der Waals surface area contributed by atoms with E-state index in [1.54, 1.807) is 19.1 Å². The quantitative estimate of drug-likeness (QED) is 0.665. The van der Waals surface area contributed by atoms with E-state index in [1.165, 1.54) is 4.31 Å². The van der Waals surface area contributed by atoms with Crippen LogP contribution in [-0.2, 0) is 11.3 Å². The van der Waals surface area contributed by atoms with Crippen molar-refractivity contribution in [2.75, 3.05) is 10.8 Å². The van der Waals surface area contributed by atoms with Crippen LogP contribution in [0.25, 0.3) is 0 Å². The van der Waals surface area contributed by atoms with Crippen molar-refractivity contribution in [2.24, 2.45) is 0 Å². The Bertz CT molecular complexity index is 263. The van der Waals surface area contributed by atoms with Crippen LogP contribution in [0.5, 0.6) is 0 Å². The highest BCUT2D eigenvalue weighted by atomic mass is 32.2. The van der Waals surface area contributed by atoms with E-state index in [0.717, 1.165) is 0 Å². The molecule has 1 unspecified atom stereocenters. The predicted octanol–water partition coefficient (Wildman–Crippen LogP) is 1.31. The molecule has 4 heteroatoms. The van der Waals surface area contributed by atoms with Gasteiger partial charge in [0.25, 0.3) is 0 Å². The molecule has 0 fully saturated rings. The van der Waals surface area contributed by atoms with E-state index in [0.29, 0.717) is 12.2 Å². The molecule has 0 aromatic heterocycles. The maximum absolute atomic E-state index is 10.7. The van der Waals surface area contributed by atoms with Gasteiger partial charge in [-0.1, -0.05) is 18.2 Å². The predicted molar refractivity (Wildman–Crippen MR) is 48.4 cm³/mol. The number of hydrogen-bond donors (Lipinski definition) is 0. The van der Waals surface area contributed by atoms with E-state index in [9.17, 15) is 8.76 Å². The molecule has 0 N–H and O–H groups in total. The normalized spacial score (nSPS) is 12.5. The fourth-order valence-corrected chi connectivity index (χ4v) is 1.47. The Balaban J connectivity index is 2.88. The Morgan fingerprint density at radius 3 is 2.42 bits per heavy atom. The molecule has 1 aromatic carbocycles. The average Bonchev–Trinajstić information content (AvgIpc) is 2.07. The molecule has 3 nitrogen and oxygen atoms in total. The molecule has 1 aromatic rings. The van der Waals surface area contributed by atoms with E-state index in [-0.39, 0.29) is 0 Å². The summed E-state index contributed by atoms with van der Waals surface area (Å²) in [5.74, 6) is 0. The van der Waals surface area contributed by atoms with Gasteiger partial charge in [-0.3, -0.25) is 4.21 Å². The molecule has 0 bridgehead atoms. The Morgan fingerprint density at radius 1 is 1.42 bits per heavy atom. The summed E-state index contributed by atoms with van der Waals surface area (Å²) in [6, 6.07) is 9.00. The van der Waals surface area contributed by atoms with E-state index in [2.05, 4.69) is 0 Å². The summed E-state index contributed by atoms with van der Waals surface area (Å²) in [5, 5.41) is 0. The lowest BCUT2D eigenvalue weighted by molar-refractivity contribution is 0.533. The zero-order valence-electron chi connectivity index (χ0n) is 6.77. The first-order valence-electron chi connectivity index (χ1n) is 3.67. The van der Waals surface area contributed by atoms with Gasteiger partial charge in [-0.25, -0.2) is 0 Å². The molecule has 1 atom stereocenters. The molecule has 0 aliphatic carbocycles. The minimum Gasteiger partial charge on any atom is -0.755 e. The van der Waals surface area contributed by atoms with Crippen molar-refractivity contribution in [1.29, 1.82) is 0 Å². The van der Waals surface area contributed by atoms with E-state index >= 15 is 0 Å². The highest BCUT2D eigenvalue weighted by molar-refractivity contribution is 7.80. The number of benzene rings is 1. The van der Waals surface area contributed by atoms with Crippen LogP contribution in [0.3, 0.4) is 0 Å². The monoisotopic (exact) mass is 184 g/mol. The molecule has 0 saturated heterocycles. The van der Waals surface area contributed by atoms with Crippen LogP contribution in [0.1, 0.15) is 6.92 Å². The SMILES string of the molecule is CCN(c1ccccc1)S(=O)[O-]. The number of nitrogens with zero attached hydrogens (tertiary/aromatic N) is 1. The highest BCUT2D eigenvalue weighted by Gasteiger charge is 2.01. The average molecular weight is 184 g/mol. The fourth-order valence-electron chi connectivity index (χ4n) is 0.968. The Hall–Kier alpha value is -0.870. The van der Waals surface area contributed by atoms with E-state index in [4.69, 9.17) is 0 Å². The van der Waals surface area contributed by atoms with Gasteiger partial charge in [0.2, 0.25) is 0 Å². The van der Waals surface area contributed by atoms with Crippen LogP contribution >= 0.6 is 0 Å². The summed E-state index contributed by atoms with van der Waals surface area (Å²) >= 11 is -2.17. The zero-order chi connectivity index (χ0) is 8.97. The van der Waals surface area contributed by atoms with Crippen LogP contribution < -0.4 is 4.31 Å². The van der Waals surface area contributed by atoms with E-state index < -0.39 is 11.3 Å². The number of anilines is 1. The van der Waals surface area contributed by atoms with Gasteiger partial charge >= 0.3 is 0 Å². The van der Waals surface area contributed by atoms with Gasteiger partial charge in [-0.2, -0.15) is 0 Å². The van der Waals surface area contributed by atoms with Crippen LogP contribution in [0.2, 0.25) is 0 Å². The lowest BCUT2D eigenvalue weighted by Crippen LogP contribution is -2.24. The number of hydrogen-bond acceptors (Lipinski definition) is 2. The van der Waals surface area contributed by atoms with Crippen molar-refractivity contribution in [1.82, 2.24) is 0 Å². The van der Waals surface area contributed by atoms with E-state index in [1.807, 2.05) is 18.2 Å². The summed E-state index contributed by atoms with van der Waals surface area (Å²) in [4.78, 5) is 0. The van der Waals surface area contributed by atoms with Crippen LogP contribution in [0.15, 0.2) is 30.3 Å². The van der Waals surface area contributed by atoms with Crippen LogP contribution in [0.4, 0.5) is 5.69 Å². The van der Waals surface area contributed by atoms with Crippen molar-refractivity contribution >= 4 is 17.0 Å². The molecular formula is C8H10NO2S-. The number of para-hydroxylation sites is 1. The van der Waals surface area contributed by atoms with Gasteiger partial charge < -0.3 is 8.86 Å². The molecule has 0 spiro atoms. The van der Waals surface area contributed by atoms with Crippen LogP contribution in [-0.4, -0.2) is 15.3 Å². The minimum absolute atomic E-state index is 0.458. The van der Waals surface area contributed by atoms with Gasteiger partial charge in [-0.15, -0.1) is 0 Å². The Kier molecular flexibility index (Phi) is 3.25. The summed E-state index contributed by atoms with van der Waals surface area (Å²) in [6.45, 7) is 2.25. The number of rotatable bonds is 3. The molecule has 0 amide bonds. The first kappa shape index (κ1) is 9.22. The third-order valence-corrected chi connectivity index (χ3v) is 2.34. The second-order valence-corrected chi connectivity index (χ2v) is 3.12. The lowest BCUT2D eigenvalue weighted by atomic mass is 10.3. The third-order valence-electron chi connectivity index (χ3n) is 1.51. The van der Waals surface area contributed by atoms with Crippen molar-refractivity contribution in [3.05, 3.63) is 30.3 Å². The zero-order valence-corrected chi connectivity index (χ0v) is 7.58. The Morgan fingerprint density at radius 2 is 2.00 bits per heavy atom. The lowest BCUT2D eigenvalue weighted by Gasteiger charge is -2.24.